The number of aromatic amines is 1. The number of piperidine rings is 1. The SMILES string of the molecule is OC(CN1CCC(c2nc3ccccc3[nH]2)CC1)c1ccccc1. The summed E-state index contributed by atoms with van der Waals surface area (Å²) in [5, 5.41) is 10.4. The summed E-state index contributed by atoms with van der Waals surface area (Å²) in [6.45, 7) is 2.72. The van der Waals surface area contributed by atoms with Gasteiger partial charge >= 0.3 is 0 Å². The van der Waals surface area contributed by atoms with Crippen LogP contribution in [0.2, 0.25) is 0 Å². The summed E-state index contributed by atoms with van der Waals surface area (Å²) < 4.78 is 0. The summed E-state index contributed by atoms with van der Waals surface area (Å²) >= 11 is 0. The van der Waals surface area contributed by atoms with Crippen LogP contribution in [0.4, 0.5) is 0 Å². The quantitative estimate of drug-likeness (QED) is 0.773. The van der Waals surface area contributed by atoms with Gasteiger partial charge in [0, 0.05) is 12.5 Å². The molecule has 2 heterocycles. The molecular weight excluding hydrogens is 298 g/mol. The predicted octanol–water partition coefficient (Wildman–Crippen LogP) is 3.48. The number of hydrogen-bond donors (Lipinski definition) is 2. The highest BCUT2D eigenvalue weighted by Crippen LogP contribution is 2.28. The highest BCUT2D eigenvalue weighted by atomic mass is 16.3. The zero-order chi connectivity index (χ0) is 16.4. The number of likely N-dealkylation sites (tertiary alicyclic amines) is 1. The number of aliphatic hydroxyl groups excluding tert-OH is 1. The lowest BCUT2D eigenvalue weighted by molar-refractivity contribution is 0.0967. The number of hydrogen-bond acceptors (Lipinski definition) is 3. The molecule has 0 aliphatic carbocycles. The summed E-state index contributed by atoms with van der Waals surface area (Å²) in [6, 6.07) is 18.1. The standard InChI is InChI=1S/C20H23N3O/c24-19(15-6-2-1-3-7-15)14-23-12-10-16(11-13-23)20-21-17-8-4-5-9-18(17)22-20/h1-9,16,19,24H,10-14H2,(H,21,22). The zero-order valence-corrected chi connectivity index (χ0v) is 13.7. The van der Waals surface area contributed by atoms with E-state index in [9.17, 15) is 5.11 Å². The second-order valence-electron chi connectivity index (χ2n) is 6.64. The summed E-state index contributed by atoms with van der Waals surface area (Å²) in [5.74, 6) is 1.60. The minimum absolute atomic E-state index is 0.408. The summed E-state index contributed by atoms with van der Waals surface area (Å²) in [6.07, 6.45) is 1.76. The van der Waals surface area contributed by atoms with Crippen LogP contribution in [-0.2, 0) is 0 Å². The third kappa shape index (κ3) is 3.21. The number of benzene rings is 2. The highest BCUT2D eigenvalue weighted by molar-refractivity contribution is 5.74. The molecule has 0 amide bonds. The molecule has 4 nitrogen and oxygen atoms in total. The first-order chi connectivity index (χ1) is 11.8. The van der Waals surface area contributed by atoms with Gasteiger partial charge in [-0.25, -0.2) is 4.98 Å². The Bertz CT molecular complexity index is 758. The van der Waals surface area contributed by atoms with Gasteiger partial charge in [-0.05, 0) is 43.6 Å². The van der Waals surface area contributed by atoms with Crippen LogP contribution in [0.15, 0.2) is 54.6 Å². The monoisotopic (exact) mass is 321 g/mol. The van der Waals surface area contributed by atoms with Crippen LogP contribution in [0.3, 0.4) is 0 Å². The van der Waals surface area contributed by atoms with Crippen molar-refractivity contribution in [3.8, 4) is 0 Å². The lowest BCUT2D eigenvalue weighted by Crippen LogP contribution is -2.36. The van der Waals surface area contributed by atoms with E-state index in [1.165, 1.54) is 0 Å². The van der Waals surface area contributed by atoms with Crippen molar-refractivity contribution in [2.75, 3.05) is 19.6 Å². The van der Waals surface area contributed by atoms with Gasteiger partial charge in [-0.15, -0.1) is 0 Å². The number of imidazole rings is 1. The van der Waals surface area contributed by atoms with E-state index in [0.717, 1.165) is 48.4 Å². The van der Waals surface area contributed by atoms with Gasteiger partial charge in [-0.2, -0.15) is 0 Å². The van der Waals surface area contributed by atoms with Crippen LogP contribution in [0.1, 0.15) is 36.3 Å². The van der Waals surface area contributed by atoms with Crippen LogP contribution in [0, 0.1) is 0 Å². The third-order valence-electron chi connectivity index (χ3n) is 5.00. The molecule has 2 N–H and O–H groups in total. The van der Waals surface area contributed by atoms with Crippen molar-refractivity contribution in [1.29, 1.82) is 0 Å². The first-order valence-electron chi connectivity index (χ1n) is 8.69. The minimum Gasteiger partial charge on any atom is -0.387 e. The number of nitrogens with one attached hydrogen (secondary N) is 1. The van der Waals surface area contributed by atoms with E-state index < -0.39 is 6.10 Å². The molecule has 1 aromatic heterocycles. The Morgan fingerprint density at radius 2 is 1.75 bits per heavy atom. The fourth-order valence-corrected chi connectivity index (χ4v) is 3.58. The maximum absolute atomic E-state index is 10.4. The predicted molar refractivity (Wildman–Crippen MR) is 95.9 cm³/mol. The van der Waals surface area contributed by atoms with Gasteiger partial charge in [0.05, 0.1) is 17.1 Å². The van der Waals surface area contributed by atoms with Crippen molar-refractivity contribution < 1.29 is 5.11 Å². The number of β-amino-alcohol motifs (C(OH)–C–C–N with tert-alkyl or cyclic N) is 1. The molecule has 1 aliphatic heterocycles. The zero-order valence-electron chi connectivity index (χ0n) is 13.7. The lowest BCUT2D eigenvalue weighted by Gasteiger charge is -2.32. The van der Waals surface area contributed by atoms with Gasteiger partial charge in [-0.1, -0.05) is 42.5 Å². The van der Waals surface area contributed by atoms with E-state index in [0.29, 0.717) is 12.5 Å². The van der Waals surface area contributed by atoms with Crippen LogP contribution >= 0.6 is 0 Å². The Kier molecular flexibility index (Phi) is 4.32. The Morgan fingerprint density at radius 1 is 1.04 bits per heavy atom. The molecule has 1 atom stereocenters. The van der Waals surface area contributed by atoms with Gasteiger partial charge in [-0.3, -0.25) is 0 Å². The molecule has 1 unspecified atom stereocenters. The van der Waals surface area contributed by atoms with Crippen molar-refractivity contribution in [2.45, 2.75) is 24.9 Å². The molecule has 4 heteroatoms. The smallest absolute Gasteiger partial charge is 0.110 e. The van der Waals surface area contributed by atoms with Crippen molar-refractivity contribution in [2.24, 2.45) is 0 Å². The summed E-state index contributed by atoms with van der Waals surface area (Å²) in [5.41, 5.74) is 3.17. The number of aromatic nitrogens is 2. The Hall–Kier alpha value is -2.17. The molecule has 24 heavy (non-hydrogen) atoms. The average molecular weight is 321 g/mol. The number of nitrogens with zero attached hydrogens (tertiary/aromatic N) is 2. The Balaban J connectivity index is 1.36. The molecule has 1 fully saturated rings. The number of rotatable bonds is 4. The summed E-state index contributed by atoms with van der Waals surface area (Å²) in [7, 11) is 0. The molecular formula is C20H23N3O. The van der Waals surface area contributed by atoms with E-state index in [2.05, 4.69) is 22.0 Å². The van der Waals surface area contributed by atoms with Crippen molar-refractivity contribution >= 4 is 11.0 Å². The number of H-pyrrole nitrogens is 1. The van der Waals surface area contributed by atoms with Gasteiger partial charge < -0.3 is 15.0 Å². The maximum atomic E-state index is 10.4. The number of para-hydroxylation sites is 2. The van der Waals surface area contributed by atoms with Crippen LogP contribution in [0.5, 0.6) is 0 Å². The van der Waals surface area contributed by atoms with E-state index in [4.69, 9.17) is 4.98 Å². The largest absolute Gasteiger partial charge is 0.387 e. The Morgan fingerprint density at radius 3 is 2.50 bits per heavy atom. The minimum atomic E-state index is -0.408. The topological polar surface area (TPSA) is 52.1 Å². The first kappa shape index (κ1) is 15.4. The van der Waals surface area contributed by atoms with E-state index >= 15 is 0 Å². The molecule has 1 aliphatic rings. The second kappa shape index (κ2) is 6.75. The molecule has 4 rings (SSSR count). The van der Waals surface area contributed by atoms with E-state index in [1.807, 2.05) is 42.5 Å². The molecule has 0 bridgehead atoms. The number of aliphatic hydroxyl groups is 1. The number of fused-ring (bicyclic) bond motifs is 1. The molecule has 1 saturated heterocycles. The molecule has 0 spiro atoms. The molecule has 0 radical (unpaired) electrons. The molecule has 2 aromatic carbocycles. The van der Waals surface area contributed by atoms with E-state index in [1.54, 1.807) is 0 Å². The lowest BCUT2D eigenvalue weighted by atomic mass is 9.95. The summed E-state index contributed by atoms with van der Waals surface area (Å²) in [4.78, 5) is 10.6. The highest BCUT2D eigenvalue weighted by Gasteiger charge is 2.24. The van der Waals surface area contributed by atoms with E-state index in [-0.39, 0.29) is 0 Å². The van der Waals surface area contributed by atoms with Crippen LogP contribution in [0.25, 0.3) is 11.0 Å². The third-order valence-corrected chi connectivity index (χ3v) is 5.00. The van der Waals surface area contributed by atoms with Gasteiger partial charge in [0.15, 0.2) is 0 Å². The molecule has 3 aromatic rings. The fraction of sp³-hybridized carbons (Fsp3) is 0.350. The van der Waals surface area contributed by atoms with Crippen LogP contribution < -0.4 is 0 Å². The van der Waals surface area contributed by atoms with Crippen molar-refractivity contribution in [3.63, 3.8) is 0 Å². The molecule has 124 valence electrons. The van der Waals surface area contributed by atoms with Crippen molar-refractivity contribution in [1.82, 2.24) is 14.9 Å². The van der Waals surface area contributed by atoms with Crippen LogP contribution in [-0.4, -0.2) is 39.6 Å². The first-order valence-corrected chi connectivity index (χ1v) is 8.69. The van der Waals surface area contributed by atoms with Gasteiger partial charge in [0.1, 0.15) is 5.82 Å². The maximum Gasteiger partial charge on any atom is 0.110 e. The fourth-order valence-electron chi connectivity index (χ4n) is 3.58. The van der Waals surface area contributed by atoms with Gasteiger partial charge in [0.2, 0.25) is 0 Å². The Labute approximate surface area is 142 Å². The normalized spacial score (nSPS) is 18.0. The second-order valence-corrected chi connectivity index (χ2v) is 6.64. The van der Waals surface area contributed by atoms with Gasteiger partial charge in [0.25, 0.3) is 0 Å². The average Bonchev–Trinajstić information content (AvgIpc) is 3.07. The molecule has 0 saturated carbocycles. The van der Waals surface area contributed by atoms with Crippen molar-refractivity contribution in [3.05, 3.63) is 66.0 Å².